The fourth-order valence-electron chi connectivity index (χ4n) is 1.59. The fourth-order valence-corrected chi connectivity index (χ4v) is 2.55. The molecule has 1 aromatic carbocycles. The summed E-state index contributed by atoms with van der Waals surface area (Å²) in [5, 5.41) is 7.12. The fraction of sp³-hybridized carbons (Fsp3) is 0.0909. The first kappa shape index (κ1) is 10.7. The van der Waals surface area contributed by atoms with E-state index in [1.54, 1.807) is 15.9 Å². The van der Waals surface area contributed by atoms with E-state index in [0.29, 0.717) is 17.4 Å². The van der Waals surface area contributed by atoms with Gasteiger partial charge in [-0.05, 0) is 24.3 Å². The smallest absolute Gasteiger partial charge is 0.212 e. The van der Waals surface area contributed by atoms with Gasteiger partial charge in [-0.15, -0.1) is 16.4 Å². The average molecular weight is 265 g/mol. The first-order valence-corrected chi connectivity index (χ1v) is 6.33. The Bertz CT molecular complexity index is 656. The average Bonchev–Trinajstić information content (AvgIpc) is 2.89. The standard InChI is InChI=1S/C11H9ClN4S/c12-8-3-1-7(2-4-8)10-14-11-16(15-10)9(5-13)6-17-11/h1-4,6H,5,13H2. The number of hydrogen-bond acceptors (Lipinski definition) is 4. The van der Waals surface area contributed by atoms with E-state index in [-0.39, 0.29) is 0 Å². The van der Waals surface area contributed by atoms with E-state index in [1.807, 2.05) is 29.6 Å². The Kier molecular flexibility index (Phi) is 2.58. The Morgan fingerprint density at radius 1 is 1.29 bits per heavy atom. The maximum absolute atomic E-state index is 5.84. The van der Waals surface area contributed by atoms with Crippen LogP contribution in [0, 0.1) is 0 Å². The molecule has 0 unspecified atom stereocenters. The molecule has 0 aliphatic carbocycles. The van der Waals surface area contributed by atoms with Crippen molar-refractivity contribution < 1.29 is 0 Å². The predicted octanol–water partition coefficient (Wildman–Crippen LogP) is 2.57. The van der Waals surface area contributed by atoms with Crippen molar-refractivity contribution in [1.29, 1.82) is 0 Å². The van der Waals surface area contributed by atoms with Gasteiger partial charge in [0.15, 0.2) is 5.82 Å². The van der Waals surface area contributed by atoms with Crippen LogP contribution in [0.25, 0.3) is 16.3 Å². The molecule has 0 aliphatic heterocycles. The number of halogens is 1. The van der Waals surface area contributed by atoms with Gasteiger partial charge in [0, 0.05) is 22.5 Å². The van der Waals surface area contributed by atoms with E-state index in [1.165, 1.54) is 0 Å². The maximum Gasteiger partial charge on any atom is 0.212 e. The Balaban J connectivity index is 2.11. The molecule has 0 saturated heterocycles. The molecule has 0 radical (unpaired) electrons. The number of nitrogens with two attached hydrogens (primary N) is 1. The summed E-state index contributed by atoms with van der Waals surface area (Å²) >= 11 is 7.38. The van der Waals surface area contributed by atoms with E-state index in [2.05, 4.69) is 10.1 Å². The van der Waals surface area contributed by atoms with E-state index in [9.17, 15) is 0 Å². The van der Waals surface area contributed by atoms with Crippen molar-refractivity contribution in [3.8, 4) is 11.4 Å². The number of thiazole rings is 1. The van der Waals surface area contributed by atoms with Crippen LogP contribution in [0.5, 0.6) is 0 Å². The highest BCUT2D eigenvalue weighted by molar-refractivity contribution is 7.15. The molecule has 0 bridgehead atoms. The SMILES string of the molecule is NCc1csc2nc(-c3ccc(Cl)cc3)nn12. The first-order valence-electron chi connectivity index (χ1n) is 5.07. The van der Waals surface area contributed by atoms with Crippen LogP contribution in [0.4, 0.5) is 0 Å². The van der Waals surface area contributed by atoms with Crippen LogP contribution in [0.15, 0.2) is 29.6 Å². The molecule has 4 nitrogen and oxygen atoms in total. The van der Waals surface area contributed by atoms with Crippen LogP contribution in [0.3, 0.4) is 0 Å². The van der Waals surface area contributed by atoms with Gasteiger partial charge in [-0.2, -0.15) is 4.98 Å². The summed E-state index contributed by atoms with van der Waals surface area (Å²) in [4.78, 5) is 5.31. The number of hydrogen-bond donors (Lipinski definition) is 1. The summed E-state index contributed by atoms with van der Waals surface area (Å²) in [6.45, 7) is 0.462. The molecule has 0 fully saturated rings. The minimum Gasteiger partial charge on any atom is -0.325 e. The summed E-state index contributed by atoms with van der Waals surface area (Å²) in [6.07, 6.45) is 0. The van der Waals surface area contributed by atoms with Crippen molar-refractivity contribution in [3.05, 3.63) is 40.4 Å². The van der Waals surface area contributed by atoms with Crippen molar-refractivity contribution in [1.82, 2.24) is 14.6 Å². The third kappa shape index (κ3) is 1.82. The van der Waals surface area contributed by atoms with E-state index < -0.39 is 0 Å². The number of aromatic nitrogens is 3. The zero-order valence-electron chi connectivity index (χ0n) is 8.80. The largest absolute Gasteiger partial charge is 0.325 e. The minimum absolute atomic E-state index is 0.462. The molecule has 0 amide bonds. The lowest BCUT2D eigenvalue weighted by atomic mass is 10.2. The van der Waals surface area contributed by atoms with Gasteiger partial charge in [-0.25, -0.2) is 4.52 Å². The third-order valence-corrected chi connectivity index (χ3v) is 3.58. The second-order valence-corrected chi connectivity index (χ2v) is 4.84. The summed E-state index contributed by atoms with van der Waals surface area (Å²) in [5.74, 6) is 0.697. The summed E-state index contributed by atoms with van der Waals surface area (Å²) in [7, 11) is 0. The van der Waals surface area contributed by atoms with Gasteiger partial charge in [0.2, 0.25) is 4.96 Å². The topological polar surface area (TPSA) is 56.2 Å². The highest BCUT2D eigenvalue weighted by atomic mass is 35.5. The zero-order chi connectivity index (χ0) is 11.8. The van der Waals surface area contributed by atoms with E-state index in [4.69, 9.17) is 17.3 Å². The first-order chi connectivity index (χ1) is 8.28. The number of nitrogens with zero attached hydrogens (tertiary/aromatic N) is 3. The van der Waals surface area contributed by atoms with Gasteiger partial charge in [0.25, 0.3) is 0 Å². The molecule has 2 heterocycles. The van der Waals surface area contributed by atoms with Crippen molar-refractivity contribution in [2.75, 3.05) is 0 Å². The number of rotatable bonds is 2. The lowest BCUT2D eigenvalue weighted by Crippen LogP contribution is -2.00. The van der Waals surface area contributed by atoms with Crippen LogP contribution in [-0.2, 0) is 6.54 Å². The Morgan fingerprint density at radius 2 is 2.06 bits per heavy atom. The highest BCUT2D eigenvalue weighted by Gasteiger charge is 2.10. The molecule has 2 aromatic heterocycles. The van der Waals surface area contributed by atoms with Crippen LogP contribution in [-0.4, -0.2) is 14.6 Å². The monoisotopic (exact) mass is 264 g/mol. The van der Waals surface area contributed by atoms with Crippen LogP contribution >= 0.6 is 22.9 Å². The summed E-state index contributed by atoms with van der Waals surface area (Å²) in [5.41, 5.74) is 7.55. The molecular formula is C11H9ClN4S. The predicted molar refractivity (Wildman–Crippen MR) is 69.2 cm³/mol. The minimum atomic E-state index is 0.462. The van der Waals surface area contributed by atoms with Crippen LogP contribution in [0.1, 0.15) is 5.69 Å². The van der Waals surface area contributed by atoms with Gasteiger partial charge in [0.05, 0.1) is 5.69 Å². The molecule has 0 atom stereocenters. The molecule has 0 spiro atoms. The Labute approximate surface area is 107 Å². The summed E-state index contributed by atoms with van der Waals surface area (Å²) < 4.78 is 1.79. The maximum atomic E-state index is 5.84. The molecule has 3 aromatic rings. The van der Waals surface area contributed by atoms with Crippen molar-refractivity contribution in [2.45, 2.75) is 6.54 Å². The number of fused-ring (bicyclic) bond motifs is 1. The van der Waals surface area contributed by atoms with Crippen LogP contribution in [0.2, 0.25) is 5.02 Å². The molecule has 17 heavy (non-hydrogen) atoms. The van der Waals surface area contributed by atoms with Crippen molar-refractivity contribution in [3.63, 3.8) is 0 Å². The van der Waals surface area contributed by atoms with Gasteiger partial charge in [-0.1, -0.05) is 11.6 Å². The van der Waals surface area contributed by atoms with E-state index in [0.717, 1.165) is 16.2 Å². The quantitative estimate of drug-likeness (QED) is 0.774. The highest BCUT2D eigenvalue weighted by Crippen LogP contribution is 2.22. The Hall–Kier alpha value is -1.43. The molecule has 0 aliphatic rings. The van der Waals surface area contributed by atoms with E-state index >= 15 is 0 Å². The molecule has 2 N–H and O–H groups in total. The van der Waals surface area contributed by atoms with Crippen molar-refractivity contribution in [2.24, 2.45) is 5.73 Å². The zero-order valence-corrected chi connectivity index (χ0v) is 10.4. The molecule has 3 rings (SSSR count). The van der Waals surface area contributed by atoms with Gasteiger partial charge >= 0.3 is 0 Å². The Morgan fingerprint density at radius 3 is 2.76 bits per heavy atom. The summed E-state index contributed by atoms with van der Waals surface area (Å²) in [6, 6.07) is 7.47. The normalized spacial score (nSPS) is 11.2. The van der Waals surface area contributed by atoms with Crippen molar-refractivity contribution >= 4 is 27.9 Å². The third-order valence-electron chi connectivity index (χ3n) is 2.46. The second-order valence-electron chi connectivity index (χ2n) is 3.57. The molecular weight excluding hydrogens is 256 g/mol. The second kappa shape index (κ2) is 4.10. The lowest BCUT2D eigenvalue weighted by Gasteiger charge is -1.94. The molecule has 0 saturated carbocycles. The van der Waals surface area contributed by atoms with Gasteiger partial charge < -0.3 is 5.73 Å². The van der Waals surface area contributed by atoms with Gasteiger partial charge in [-0.3, -0.25) is 0 Å². The van der Waals surface area contributed by atoms with Crippen LogP contribution < -0.4 is 5.73 Å². The number of benzene rings is 1. The molecule has 86 valence electrons. The van der Waals surface area contributed by atoms with Gasteiger partial charge in [0.1, 0.15) is 0 Å². The lowest BCUT2D eigenvalue weighted by molar-refractivity contribution is 0.868. The molecule has 6 heteroatoms.